The molecule has 1 saturated heterocycles. The second-order valence-electron chi connectivity index (χ2n) is 7.57. The van der Waals surface area contributed by atoms with Crippen LogP contribution in [0.1, 0.15) is 5.82 Å². The van der Waals surface area contributed by atoms with Crippen molar-refractivity contribution < 1.29 is 9.15 Å². The van der Waals surface area contributed by atoms with Crippen molar-refractivity contribution in [2.75, 3.05) is 39.3 Å². The molecule has 154 valence electrons. The van der Waals surface area contributed by atoms with E-state index in [0.717, 1.165) is 43.9 Å². The van der Waals surface area contributed by atoms with Crippen LogP contribution in [0.3, 0.4) is 0 Å². The van der Waals surface area contributed by atoms with Gasteiger partial charge in [-0.15, -0.1) is 0 Å². The number of benzene rings is 2. The highest BCUT2D eigenvalue weighted by Gasteiger charge is 2.19. The fourth-order valence-electron chi connectivity index (χ4n) is 3.91. The zero-order valence-electron chi connectivity index (χ0n) is 16.7. The molecule has 7 nitrogen and oxygen atoms in total. The van der Waals surface area contributed by atoms with Crippen LogP contribution in [0.25, 0.3) is 22.1 Å². The fraction of sp³-hybridized carbons (Fsp3) is 0.304. The molecule has 4 aromatic rings. The third kappa shape index (κ3) is 3.94. The number of aromatic nitrogens is 2. The van der Waals surface area contributed by atoms with Gasteiger partial charge in [0.1, 0.15) is 29.3 Å². The van der Waals surface area contributed by atoms with Gasteiger partial charge in [0.25, 0.3) is 5.56 Å². The maximum Gasteiger partial charge on any atom is 0.294 e. The summed E-state index contributed by atoms with van der Waals surface area (Å²) in [5.41, 5.74) is 1.40. The molecule has 0 unspecified atom stereocenters. The van der Waals surface area contributed by atoms with Gasteiger partial charge in [-0.2, -0.15) is 0 Å². The number of nitrogens with zero attached hydrogens (tertiary/aromatic N) is 3. The lowest BCUT2D eigenvalue weighted by Crippen LogP contribution is -2.47. The zero-order chi connectivity index (χ0) is 20.3. The van der Waals surface area contributed by atoms with E-state index in [0.29, 0.717) is 35.7 Å². The quantitative estimate of drug-likeness (QED) is 0.533. The summed E-state index contributed by atoms with van der Waals surface area (Å²) in [7, 11) is 0. The second-order valence-corrected chi connectivity index (χ2v) is 7.57. The minimum Gasteiger partial charge on any atom is -0.492 e. The van der Waals surface area contributed by atoms with Gasteiger partial charge in [-0.25, -0.2) is 4.98 Å². The van der Waals surface area contributed by atoms with Crippen LogP contribution in [0, 0.1) is 0 Å². The van der Waals surface area contributed by atoms with E-state index in [1.807, 2.05) is 54.6 Å². The van der Waals surface area contributed by atoms with Crippen molar-refractivity contribution in [1.82, 2.24) is 19.8 Å². The van der Waals surface area contributed by atoms with Gasteiger partial charge < -0.3 is 14.1 Å². The van der Waals surface area contributed by atoms with Gasteiger partial charge in [0, 0.05) is 38.1 Å². The molecule has 0 aliphatic carbocycles. The van der Waals surface area contributed by atoms with Crippen LogP contribution in [-0.2, 0) is 6.54 Å². The van der Waals surface area contributed by atoms with Crippen molar-refractivity contribution in [3.63, 3.8) is 0 Å². The van der Waals surface area contributed by atoms with Crippen LogP contribution in [0.2, 0.25) is 0 Å². The molecule has 0 saturated carbocycles. The first kappa shape index (κ1) is 18.8. The van der Waals surface area contributed by atoms with Crippen molar-refractivity contribution in [3.05, 3.63) is 70.8 Å². The van der Waals surface area contributed by atoms with Crippen LogP contribution in [-0.4, -0.2) is 59.1 Å². The number of aromatic amines is 1. The summed E-state index contributed by atoms with van der Waals surface area (Å²) in [5, 5.41) is 0.878. The lowest BCUT2D eigenvalue weighted by Gasteiger charge is -2.34. The lowest BCUT2D eigenvalue weighted by atomic mass is 10.2. The van der Waals surface area contributed by atoms with Crippen molar-refractivity contribution >= 4 is 22.1 Å². The molecule has 0 bridgehead atoms. The lowest BCUT2D eigenvalue weighted by molar-refractivity contribution is 0.111. The summed E-state index contributed by atoms with van der Waals surface area (Å²) in [4.78, 5) is 24.8. The second kappa shape index (κ2) is 8.30. The van der Waals surface area contributed by atoms with Crippen LogP contribution in [0.5, 0.6) is 5.75 Å². The van der Waals surface area contributed by atoms with E-state index in [9.17, 15) is 4.79 Å². The van der Waals surface area contributed by atoms with E-state index in [1.54, 1.807) is 0 Å². The van der Waals surface area contributed by atoms with Gasteiger partial charge in [-0.3, -0.25) is 14.6 Å². The summed E-state index contributed by atoms with van der Waals surface area (Å²) in [5.74, 6) is 1.59. The Morgan fingerprint density at radius 2 is 1.70 bits per heavy atom. The molecule has 7 heteroatoms. The van der Waals surface area contributed by atoms with E-state index in [4.69, 9.17) is 14.1 Å². The number of H-pyrrole nitrogens is 1. The van der Waals surface area contributed by atoms with E-state index in [1.165, 1.54) is 0 Å². The molecular formula is C23H24N4O3. The van der Waals surface area contributed by atoms with Gasteiger partial charge in [0.05, 0.1) is 6.54 Å². The first-order valence-corrected chi connectivity index (χ1v) is 10.3. The summed E-state index contributed by atoms with van der Waals surface area (Å²) >= 11 is 0. The standard InChI is InChI=1S/C23H24N4O3/c28-23-22-21(18-8-4-5-9-19(18)30-22)24-20(25-23)16-27-12-10-26(11-13-27)14-15-29-17-6-2-1-3-7-17/h1-9H,10-16H2,(H,24,25,28). The van der Waals surface area contributed by atoms with Crippen LogP contribution < -0.4 is 10.3 Å². The molecule has 2 aromatic carbocycles. The number of para-hydroxylation sites is 2. The van der Waals surface area contributed by atoms with Crippen LogP contribution >= 0.6 is 0 Å². The van der Waals surface area contributed by atoms with Crippen molar-refractivity contribution in [2.45, 2.75) is 6.54 Å². The van der Waals surface area contributed by atoms with E-state index < -0.39 is 0 Å². The number of furan rings is 1. The monoisotopic (exact) mass is 404 g/mol. The van der Waals surface area contributed by atoms with Crippen LogP contribution in [0.4, 0.5) is 0 Å². The van der Waals surface area contributed by atoms with Gasteiger partial charge in [-0.1, -0.05) is 30.3 Å². The van der Waals surface area contributed by atoms with Gasteiger partial charge in [-0.05, 0) is 24.3 Å². The number of ether oxygens (including phenoxy) is 1. The normalized spacial score (nSPS) is 15.7. The van der Waals surface area contributed by atoms with Gasteiger partial charge in [0.15, 0.2) is 0 Å². The summed E-state index contributed by atoms with van der Waals surface area (Å²) < 4.78 is 11.5. The molecule has 3 heterocycles. The van der Waals surface area contributed by atoms with Gasteiger partial charge in [0.2, 0.25) is 5.58 Å². The molecule has 0 atom stereocenters. The average molecular weight is 404 g/mol. The minimum absolute atomic E-state index is 0.220. The zero-order valence-corrected chi connectivity index (χ0v) is 16.7. The first-order valence-electron chi connectivity index (χ1n) is 10.3. The third-order valence-electron chi connectivity index (χ3n) is 5.54. The Labute approximate surface area is 173 Å². The first-order chi connectivity index (χ1) is 14.8. The molecule has 30 heavy (non-hydrogen) atoms. The molecule has 2 aromatic heterocycles. The van der Waals surface area contributed by atoms with Crippen molar-refractivity contribution in [2.24, 2.45) is 0 Å². The molecule has 1 fully saturated rings. The maximum atomic E-state index is 12.5. The predicted molar refractivity (Wildman–Crippen MR) is 116 cm³/mol. The molecule has 0 radical (unpaired) electrons. The number of hydrogen-bond donors (Lipinski definition) is 1. The Hall–Kier alpha value is -3.16. The smallest absolute Gasteiger partial charge is 0.294 e. The molecule has 1 aliphatic heterocycles. The Morgan fingerprint density at radius 1 is 0.967 bits per heavy atom. The van der Waals surface area contributed by atoms with Crippen LogP contribution in [0.15, 0.2) is 63.8 Å². The van der Waals surface area contributed by atoms with E-state index in [-0.39, 0.29) is 5.56 Å². The molecule has 1 N–H and O–H groups in total. The summed E-state index contributed by atoms with van der Waals surface area (Å²) in [6, 6.07) is 17.5. The molecule has 0 spiro atoms. The predicted octanol–water partition coefficient (Wildman–Crippen LogP) is 2.87. The van der Waals surface area contributed by atoms with Crippen molar-refractivity contribution in [3.8, 4) is 5.75 Å². The highest BCUT2D eigenvalue weighted by molar-refractivity contribution is 6.01. The highest BCUT2D eigenvalue weighted by Crippen LogP contribution is 2.24. The maximum absolute atomic E-state index is 12.5. The Kier molecular flexibility index (Phi) is 5.21. The van der Waals surface area contributed by atoms with E-state index in [2.05, 4.69) is 14.8 Å². The molecule has 1 aliphatic rings. The number of piperazine rings is 1. The summed E-state index contributed by atoms with van der Waals surface area (Å²) in [6.07, 6.45) is 0. The summed E-state index contributed by atoms with van der Waals surface area (Å²) in [6.45, 7) is 6.02. The topological polar surface area (TPSA) is 74.6 Å². The Bertz CT molecular complexity index is 1190. The van der Waals surface area contributed by atoms with E-state index >= 15 is 0 Å². The largest absolute Gasteiger partial charge is 0.492 e. The number of rotatable bonds is 6. The van der Waals surface area contributed by atoms with Gasteiger partial charge >= 0.3 is 0 Å². The highest BCUT2D eigenvalue weighted by atomic mass is 16.5. The fourth-order valence-corrected chi connectivity index (χ4v) is 3.91. The Morgan fingerprint density at radius 3 is 2.53 bits per heavy atom. The Balaban J connectivity index is 1.19. The molecule has 5 rings (SSSR count). The average Bonchev–Trinajstić information content (AvgIpc) is 3.15. The number of hydrogen-bond acceptors (Lipinski definition) is 6. The molecular weight excluding hydrogens is 380 g/mol. The number of nitrogens with one attached hydrogen (secondary N) is 1. The minimum atomic E-state index is -0.220. The molecule has 0 amide bonds. The van der Waals surface area contributed by atoms with Crippen molar-refractivity contribution in [1.29, 1.82) is 0 Å². The number of fused-ring (bicyclic) bond motifs is 3. The third-order valence-corrected chi connectivity index (χ3v) is 5.54. The SMILES string of the molecule is O=c1[nH]c(CN2CCN(CCOc3ccccc3)CC2)nc2c1oc1ccccc12.